The van der Waals surface area contributed by atoms with Crippen LogP contribution in [0.2, 0.25) is 0 Å². The molecule has 0 saturated heterocycles. The first-order valence-corrected chi connectivity index (χ1v) is 34.6. The Kier molecular flexibility index (Phi) is 13.1. The second-order valence-corrected chi connectivity index (χ2v) is 28.8. The van der Waals surface area contributed by atoms with Crippen LogP contribution >= 0.6 is 0 Å². The van der Waals surface area contributed by atoms with E-state index in [1.165, 1.54) is 216 Å². The molecule has 0 amide bonds. The number of aryl methyl sites for hydroxylation is 12. The number of fused-ring (bicyclic) bond motifs is 12. The molecule has 5 heterocycles. The van der Waals surface area contributed by atoms with Gasteiger partial charge < -0.3 is 18.8 Å². The molecular formula is C91H76B2N4. The first kappa shape index (κ1) is 58.7. The monoisotopic (exact) mass is 1250 g/mol. The van der Waals surface area contributed by atoms with Crippen molar-refractivity contribution in [3.8, 4) is 66.8 Å². The number of nitrogens with zero attached hydrogens (tertiary/aromatic N) is 4. The molecule has 0 aliphatic carbocycles. The summed E-state index contributed by atoms with van der Waals surface area (Å²) in [6.45, 7) is 26.7. The molecule has 0 fully saturated rings. The Bertz CT molecular complexity index is 5850. The average molecular weight is 1250 g/mol. The van der Waals surface area contributed by atoms with Crippen LogP contribution in [0.5, 0.6) is 0 Å². The van der Waals surface area contributed by atoms with E-state index in [-0.39, 0.29) is 13.7 Å². The second-order valence-electron chi connectivity index (χ2n) is 28.8. The molecule has 3 aliphatic heterocycles. The summed E-state index contributed by atoms with van der Waals surface area (Å²) in [6.07, 6.45) is 0. The Morgan fingerprint density at radius 3 is 1.22 bits per heavy atom. The Morgan fingerprint density at radius 1 is 0.309 bits per heavy atom. The molecule has 2 aromatic heterocycles. The Balaban J connectivity index is 0.961. The first-order valence-electron chi connectivity index (χ1n) is 34.6. The number of rotatable bonds is 8. The minimum absolute atomic E-state index is 0.192. The topological polar surface area (TPSA) is 16.3 Å². The SMILES string of the molecule is Cc1cc(C)c(-c2ccc3c(c2)c2cc(-c4c(C)cc(C)cc4C)cc4c2n3B(c2ccc3c(c2)B2c5c(cccc5N3c3ccccc3)-c3cc(-c5c(C)cc(C)cc5C)cc5c6cc(-c7c(C)cc(C)cc7C)ccc6n2c35)c2c-4cccc2N(C)c2ccccc2)c(C)c1. The molecule has 13 aromatic carbocycles. The van der Waals surface area contributed by atoms with Crippen LogP contribution in [0.4, 0.5) is 28.4 Å². The zero-order chi connectivity index (χ0) is 66.3. The molecule has 466 valence electrons. The highest BCUT2D eigenvalue weighted by molar-refractivity contribution is 6.92. The van der Waals surface area contributed by atoms with E-state index >= 15 is 0 Å². The Labute approximate surface area is 571 Å². The highest BCUT2D eigenvalue weighted by Crippen LogP contribution is 2.50. The van der Waals surface area contributed by atoms with Crippen molar-refractivity contribution in [2.75, 3.05) is 16.8 Å². The van der Waals surface area contributed by atoms with Crippen molar-refractivity contribution in [2.24, 2.45) is 0 Å². The number of hydrogen-bond donors (Lipinski definition) is 0. The van der Waals surface area contributed by atoms with Crippen molar-refractivity contribution in [1.29, 1.82) is 0 Å². The molecule has 6 heteroatoms. The molecule has 18 rings (SSSR count). The van der Waals surface area contributed by atoms with E-state index in [2.05, 4.69) is 333 Å². The van der Waals surface area contributed by atoms with Crippen molar-refractivity contribution in [3.63, 3.8) is 0 Å². The summed E-state index contributed by atoms with van der Waals surface area (Å²) in [5, 5.41) is 5.08. The van der Waals surface area contributed by atoms with E-state index in [9.17, 15) is 0 Å². The van der Waals surface area contributed by atoms with Crippen molar-refractivity contribution in [3.05, 3.63) is 291 Å². The van der Waals surface area contributed by atoms with E-state index in [0.29, 0.717) is 0 Å². The summed E-state index contributed by atoms with van der Waals surface area (Å²) in [6, 6.07) is 87.6. The molecule has 0 bridgehead atoms. The number of para-hydroxylation sites is 2. The number of hydrogen-bond acceptors (Lipinski definition) is 2. The normalized spacial score (nSPS) is 12.7. The zero-order valence-electron chi connectivity index (χ0n) is 57.8. The lowest BCUT2D eigenvalue weighted by Crippen LogP contribution is -2.59. The third-order valence-electron chi connectivity index (χ3n) is 22.1. The van der Waals surface area contributed by atoms with E-state index < -0.39 is 0 Å². The summed E-state index contributed by atoms with van der Waals surface area (Å²) in [4.78, 5) is 5.00. The predicted octanol–water partition coefficient (Wildman–Crippen LogP) is 21.1. The van der Waals surface area contributed by atoms with Crippen LogP contribution in [-0.4, -0.2) is 29.7 Å². The van der Waals surface area contributed by atoms with Crippen LogP contribution in [0, 0.1) is 83.1 Å². The van der Waals surface area contributed by atoms with E-state index in [1.807, 2.05) is 0 Å². The van der Waals surface area contributed by atoms with Gasteiger partial charge in [-0.3, -0.25) is 0 Å². The fourth-order valence-corrected chi connectivity index (χ4v) is 18.9. The van der Waals surface area contributed by atoms with Crippen molar-refractivity contribution >= 4 is 108 Å². The van der Waals surface area contributed by atoms with Gasteiger partial charge in [0, 0.05) is 90.2 Å². The summed E-state index contributed by atoms with van der Waals surface area (Å²) in [7, 11) is 2.26. The van der Waals surface area contributed by atoms with Gasteiger partial charge in [0.25, 0.3) is 0 Å². The van der Waals surface area contributed by atoms with Crippen molar-refractivity contribution < 1.29 is 0 Å². The predicted molar refractivity (Wildman–Crippen MR) is 418 cm³/mol. The lowest BCUT2D eigenvalue weighted by molar-refractivity contribution is 1.21. The molecule has 97 heavy (non-hydrogen) atoms. The van der Waals surface area contributed by atoms with Crippen LogP contribution in [0.25, 0.3) is 110 Å². The van der Waals surface area contributed by atoms with Crippen molar-refractivity contribution in [1.82, 2.24) is 8.96 Å². The highest BCUT2D eigenvalue weighted by Gasteiger charge is 2.45. The fourth-order valence-electron chi connectivity index (χ4n) is 18.9. The van der Waals surface area contributed by atoms with Gasteiger partial charge in [-0.2, -0.15) is 0 Å². The smallest absolute Gasteiger partial charge is 0.333 e. The molecule has 0 radical (unpaired) electrons. The number of benzene rings is 13. The minimum Gasteiger partial charge on any atom is -0.375 e. The lowest BCUT2D eigenvalue weighted by Gasteiger charge is -2.41. The maximum atomic E-state index is 2.77. The van der Waals surface area contributed by atoms with Gasteiger partial charge >= 0.3 is 13.7 Å². The molecule has 4 nitrogen and oxygen atoms in total. The third-order valence-corrected chi connectivity index (χ3v) is 22.1. The second kappa shape index (κ2) is 21.6. The molecule has 0 spiro atoms. The van der Waals surface area contributed by atoms with Gasteiger partial charge in [-0.1, -0.05) is 161 Å². The molecular weight excluding hydrogens is 1170 g/mol. The number of aromatic nitrogens is 2. The zero-order valence-corrected chi connectivity index (χ0v) is 57.8. The van der Waals surface area contributed by atoms with Crippen LogP contribution in [-0.2, 0) is 0 Å². The van der Waals surface area contributed by atoms with E-state index in [1.54, 1.807) is 0 Å². The molecule has 0 N–H and O–H groups in total. The minimum atomic E-state index is -0.260. The molecule has 0 atom stereocenters. The molecule has 15 aromatic rings. The largest absolute Gasteiger partial charge is 0.375 e. The summed E-state index contributed by atoms with van der Waals surface area (Å²) < 4.78 is 5.52. The molecule has 3 aliphatic rings. The summed E-state index contributed by atoms with van der Waals surface area (Å²) in [5.41, 5.74) is 46.8. The van der Waals surface area contributed by atoms with Crippen LogP contribution in [0.15, 0.2) is 224 Å². The standard InChI is InChI=1S/C91H76B2N4/c1-51-36-55(5)84(56(6)37-51)63-30-33-79-72(44-63)76-48-65(86-59(9)40-53(3)41-60(86)10)46-74-70-26-20-28-82(94(13)68-22-16-14-17-23-68)88(70)92(96(79)90(74)76)67-32-35-81-78(50-67)93-89-71(27-21-29-83(89)95(81)69-24-18-15-19-25-69)75-47-66(87-61(11)42-54(4)43-62(87)12)49-77-73-45-64(31-34-80(73)97(93)91(75)77)85-57(7)38-52(2)39-58(85)8/h14-50H,1-13H3. The number of anilines is 5. The van der Waals surface area contributed by atoms with Gasteiger partial charge in [0.05, 0.1) is 0 Å². The Morgan fingerprint density at radius 2 is 0.732 bits per heavy atom. The molecule has 0 saturated carbocycles. The fraction of sp³-hybridized carbons (Fsp3) is 0.143. The average Bonchev–Trinajstić information content (AvgIpc) is 1.62. The summed E-state index contributed by atoms with van der Waals surface area (Å²) in [5.74, 6) is 0. The maximum Gasteiger partial charge on any atom is 0.333 e. The van der Waals surface area contributed by atoms with Crippen molar-refractivity contribution in [2.45, 2.75) is 83.1 Å². The van der Waals surface area contributed by atoms with Crippen LogP contribution < -0.4 is 31.7 Å². The molecule has 0 unspecified atom stereocenters. The van der Waals surface area contributed by atoms with Gasteiger partial charge in [-0.05, 0) is 291 Å². The van der Waals surface area contributed by atoms with Crippen LogP contribution in [0.3, 0.4) is 0 Å². The van der Waals surface area contributed by atoms with Gasteiger partial charge in [-0.15, -0.1) is 0 Å². The summed E-state index contributed by atoms with van der Waals surface area (Å²) >= 11 is 0. The third kappa shape index (κ3) is 8.71. The highest BCUT2D eigenvalue weighted by atomic mass is 15.2. The van der Waals surface area contributed by atoms with Gasteiger partial charge in [0.1, 0.15) is 0 Å². The first-order chi connectivity index (χ1) is 47.0. The van der Waals surface area contributed by atoms with E-state index in [0.717, 1.165) is 11.4 Å². The van der Waals surface area contributed by atoms with Gasteiger partial charge in [-0.25, -0.2) is 0 Å². The van der Waals surface area contributed by atoms with Gasteiger partial charge in [0.2, 0.25) is 0 Å². The quantitative estimate of drug-likeness (QED) is 0.141. The van der Waals surface area contributed by atoms with E-state index in [4.69, 9.17) is 0 Å². The lowest BCUT2D eigenvalue weighted by atomic mass is 9.42. The Hall–Kier alpha value is -10.8. The van der Waals surface area contributed by atoms with Gasteiger partial charge in [0.15, 0.2) is 0 Å². The van der Waals surface area contributed by atoms with Crippen LogP contribution in [0.1, 0.15) is 66.8 Å². The maximum absolute atomic E-state index is 2.77.